The van der Waals surface area contributed by atoms with Crippen LogP contribution in [0.2, 0.25) is 0 Å². The van der Waals surface area contributed by atoms with Crippen LogP contribution in [0.15, 0.2) is 6.20 Å². The molecular formula is C12H20N4O4. The van der Waals surface area contributed by atoms with Gasteiger partial charge in [0.1, 0.15) is 6.54 Å². The quantitative estimate of drug-likeness (QED) is 0.598. The lowest BCUT2D eigenvalue weighted by Gasteiger charge is -2.05. The Labute approximate surface area is 117 Å². The molecule has 8 nitrogen and oxygen atoms in total. The van der Waals surface area contributed by atoms with E-state index in [-0.39, 0.29) is 18.1 Å². The maximum absolute atomic E-state index is 11.5. The van der Waals surface area contributed by atoms with Crippen molar-refractivity contribution in [3.05, 3.63) is 11.9 Å². The van der Waals surface area contributed by atoms with Crippen LogP contribution in [0, 0.1) is 0 Å². The first-order valence-corrected chi connectivity index (χ1v) is 6.61. The molecule has 0 saturated heterocycles. The Morgan fingerprint density at radius 3 is 2.80 bits per heavy atom. The molecule has 8 heteroatoms. The van der Waals surface area contributed by atoms with Gasteiger partial charge in [-0.2, -0.15) is 0 Å². The van der Waals surface area contributed by atoms with Crippen LogP contribution < -0.4 is 5.32 Å². The van der Waals surface area contributed by atoms with Crippen molar-refractivity contribution < 1.29 is 19.4 Å². The molecule has 1 aromatic heterocycles. The summed E-state index contributed by atoms with van der Waals surface area (Å²) in [6, 6.07) is 0. The van der Waals surface area contributed by atoms with Crippen LogP contribution in [0.5, 0.6) is 0 Å². The molecule has 0 aromatic carbocycles. The Morgan fingerprint density at radius 1 is 1.40 bits per heavy atom. The van der Waals surface area contributed by atoms with Gasteiger partial charge in [-0.15, -0.1) is 5.10 Å². The van der Waals surface area contributed by atoms with Gasteiger partial charge in [-0.25, -0.2) is 9.48 Å². The molecule has 0 fully saturated rings. The van der Waals surface area contributed by atoms with Crippen molar-refractivity contribution in [2.75, 3.05) is 19.8 Å². The number of rotatable bonds is 10. The summed E-state index contributed by atoms with van der Waals surface area (Å²) in [5.41, 5.74) is -0.179. The fraction of sp³-hybridized carbons (Fsp3) is 0.667. The maximum atomic E-state index is 11.5. The normalized spacial score (nSPS) is 10.4. The molecule has 1 aromatic rings. The van der Waals surface area contributed by atoms with E-state index in [1.807, 2.05) is 0 Å². The number of ether oxygens (including phenoxy) is 1. The number of amides is 1. The minimum absolute atomic E-state index is 0.0447. The Bertz CT molecular complexity index is 433. The summed E-state index contributed by atoms with van der Waals surface area (Å²) in [6.45, 7) is 3.94. The van der Waals surface area contributed by atoms with Gasteiger partial charge in [0.25, 0.3) is 0 Å². The first kappa shape index (κ1) is 16.1. The smallest absolute Gasteiger partial charge is 0.358 e. The monoisotopic (exact) mass is 284 g/mol. The molecule has 2 N–H and O–H groups in total. The summed E-state index contributed by atoms with van der Waals surface area (Å²) in [5.74, 6) is -1.40. The second-order valence-corrected chi connectivity index (χ2v) is 4.28. The van der Waals surface area contributed by atoms with E-state index in [4.69, 9.17) is 9.84 Å². The summed E-state index contributed by atoms with van der Waals surface area (Å²) in [5, 5.41) is 18.3. The van der Waals surface area contributed by atoms with Crippen molar-refractivity contribution in [2.24, 2.45) is 0 Å². The van der Waals surface area contributed by atoms with Crippen LogP contribution in [0.25, 0.3) is 0 Å². The van der Waals surface area contributed by atoms with Crippen molar-refractivity contribution in [1.29, 1.82) is 0 Å². The number of carboxylic acids is 1. The molecule has 1 amide bonds. The molecule has 0 atom stereocenters. The third-order valence-corrected chi connectivity index (χ3v) is 2.49. The van der Waals surface area contributed by atoms with Crippen LogP contribution in [0.3, 0.4) is 0 Å². The fourth-order valence-corrected chi connectivity index (χ4v) is 1.43. The molecule has 112 valence electrons. The highest BCUT2D eigenvalue weighted by molar-refractivity contribution is 5.84. The predicted molar refractivity (Wildman–Crippen MR) is 70.3 cm³/mol. The number of carboxylic acid groups (broad SMARTS) is 1. The van der Waals surface area contributed by atoms with Crippen molar-refractivity contribution in [1.82, 2.24) is 20.3 Å². The average Bonchev–Trinajstić information content (AvgIpc) is 2.86. The summed E-state index contributed by atoms with van der Waals surface area (Å²) in [6.07, 6.45) is 4.11. The lowest BCUT2D eigenvalue weighted by Crippen LogP contribution is -2.29. The second kappa shape index (κ2) is 9.03. The first-order valence-electron chi connectivity index (χ1n) is 6.61. The Balaban J connectivity index is 2.12. The lowest BCUT2D eigenvalue weighted by atomic mass is 10.3. The molecule has 0 radical (unpaired) electrons. The Kier molecular flexibility index (Phi) is 7.26. The van der Waals surface area contributed by atoms with Crippen LogP contribution in [-0.4, -0.2) is 51.7 Å². The molecule has 20 heavy (non-hydrogen) atoms. The molecule has 0 aliphatic carbocycles. The average molecular weight is 284 g/mol. The zero-order chi connectivity index (χ0) is 14.8. The topological polar surface area (TPSA) is 106 Å². The van der Waals surface area contributed by atoms with Gasteiger partial charge in [-0.3, -0.25) is 4.79 Å². The molecular weight excluding hydrogens is 264 g/mol. The van der Waals surface area contributed by atoms with E-state index >= 15 is 0 Å². The number of hydrogen-bond donors (Lipinski definition) is 2. The summed E-state index contributed by atoms with van der Waals surface area (Å²) in [4.78, 5) is 22.1. The largest absolute Gasteiger partial charge is 0.476 e. The number of carbonyl (C=O) groups is 2. The van der Waals surface area contributed by atoms with Crippen LogP contribution in [0.1, 0.15) is 36.7 Å². The second-order valence-electron chi connectivity index (χ2n) is 4.28. The van der Waals surface area contributed by atoms with Crippen molar-refractivity contribution in [3.8, 4) is 0 Å². The molecule has 0 aliphatic rings. The molecule has 0 bridgehead atoms. The molecule has 0 spiro atoms. The van der Waals surface area contributed by atoms with Gasteiger partial charge in [0.15, 0.2) is 5.69 Å². The predicted octanol–water partition coefficient (Wildman–Crippen LogP) is 0.299. The van der Waals surface area contributed by atoms with E-state index in [1.54, 1.807) is 0 Å². The molecule has 1 heterocycles. The standard InChI is InChI=1S/C12H20N4O4/c1-2-3-6-20-7-4-5-13-11(17)9-16-8-10(12(18)19)14-15-16/h8H,2-7,9H2,1H3,(H,13,17)(H,18,19). The third kappa shape index (κ3) is 6.28. The molecule has 0 unspecified atom stereocenters. The van der Waals surface area contributed by atoms with E-state index in [1.165, 1.54) is 10.9 Å². The zero-order valence-corrected chi connectivity index (χ0v) is 11.5. The minimum atomic E-state index is -1.17. The maximum Gasteiger partial charge on any atom is 0.358 e. The van der Waals surface area contributed by atoms with E-state index in [9.17, 15) is 9.59 Å². The van der Waals surface area contributed by atoms with Gasteiger partial charge in [0.2, 0.25) is 5.91 Å². The van der Waals surface area contributed by atoms with Crippen LogP contribution in [0.4, 0.5) is 0 Å². The van der Waals surface area contributed by atoms with Crippen LogP contribution in [-0.2, 0) is 16.1 Å². The number of aromatic nitrogens is 3. The number of nitrogens with zero attached hydrogens (tertiary/aromatic N) is 3. The number of hydrogen-bond acceptors (Lipinski definition) is 5. The zero-order valence-electron chi connectivity index (χ0n) is 11.5. The third-order valence-electron chi connectivity index (χ3n) is 2.49. The Hall–Kier alpha value is -1.96. The van der Waals surface area contributed by atoms with Gasteiger partial charge < -0.3 is 15.2 Å². The summed E-state index contributed by atoms with van der Waals surface area (Å²) < 4.78 is 6.55. The van der Waals surface area contributed by atoms with Crippen molar-refractivity contribution in [3.63, 3.8) is 0 Å². The van der Waals surface area contributed by atoms with Gasteiger partial charge in [-0.05, 0) is 12.8 Å². The van der Waals surface area contributed by atoms with Gasteiger partial charge in [0, 0.05) is 19.8 Å². The fourth-order valence-electron chi connectivity index (χ4n) is 1.43. The van der Waals surface area contributed by atoms with Gasteiger partial charge >= 0.3 is 5.97 Å². The molecule has 1 rings (SSSR count). The van der Waals surface area contributed by atoms with E-state index in [0.29, 0.717) is 13.2 Å². The van der Waals surface area contributed by atoms with Crippen molar-refractivity contribution in [2.45, 2.75) is 32.7 Å². The first-order chi connectivity index (χ1) is 9.63. The van der Waals surface area contributed by atoms with Crippen LogP contribution >= 0.6 is 0 Å². The lowest BCUT2D eigenvalue weighted by molar-refractivity contribution is -0.121. The SMILES string of the molecule is CCCCOCCCNC(=O)Cn1cc(C(=O)O)nn1. The van der Waals surface area contributed by atoms with E-state index in [0.717, 1.165) is 25.9 Å². The molecule has 0 saturated carbocycles. The number of carbonyl (C=O) groups excluding carboxylic acids is 1. The molecule has 0 aliphatic heterocycles. The van der Waals surface area contributed by atoms with E-state index in [2.05, 4.69) is 22.6 Å². The highest BCUT2D eigenvalue weighted by Gasteiger charge is 2.10. The van der Waals surface area contributed by atoms with E-state index < -0.39 is 5.97 Å². The van der Waals surface area contributed by atoms with Gasteiger partial charge in [-0.1, -0.05) is 18.6 Å². The summed E-state index contributed by atoms with van der Waals surface area (Å²) >= 11 is 0. The highest BCUT2D eigenvalue weighted by Crippen LogP contribution is 1.93. The van der Waals surface area contributed by atoms with Gasteiger partial charge in [0.05, 0.1) is 6.20 Å². The number of nitrogens with one attached hydrogen (secondary N) is 1. The summed E-state index contributed by atoms with van der Waals surface area (Å²) in [7, 11) is 0. The number of aromatic carboxylic acids is 1. The Morgan fingerprint density at radius 2 is 2.15 bits per heavy atom. The van der Waals surface area contributed by atoms with Crippen molar-refractivity contribution >= 4 is 11.9 Å². The number of unbranched alkanes of at least 4 members (excludes halogenated alkanes) is 1. The highest BCUT2D eigenvalue weighted by atomic mass is 16.5. The minimum Gasteiger partial charge on any atom is -0.476 e.